The van der Waals surface area contributed by atoms with Gasteiger partial charge in [-0.2, -0.15) is 15.2 Å². The summed E-state index contributed by atoms with van der Waals surface area (Å²) in [5.74, 6) is -0.385. The van der Waals surface area contributed by atoms with Gasteiger partial charge in [-0.05, 0) is 31.5 Å². The van der Waals surface area contributed by atoms with E-state index in [-0.39, 0.29) is 5.82 Å². The number of fused-ring (bicyclic) bond motifs is 1. The minimum absolute atomic E-state index is 0.183. The van der Waals surface area contributed by atoms with E-state index in [4.69, 9.17) is 0 Å². The second-order valence-corrected chi connectivity index (χ2v) is 6.66. The summed E-state index contributed by atoms with van der Waals surface area (Å²) in [6.07, 6.45) is 0. The number of nitrogens with one attached hydrogen (secondary N) is 4. The molecule has 3 rings (SSSR count). The van der Waals surface area contributed by atoms with Crippen molar-refractivity contribution in [1.29, 1.82) is 10.5 Å². The van der Waals surface area contributed by atoms with Crippen LogP contribution in [0.4, 0.5) is 15.4 Å². The summed E-state index contributed by atoms with van der Waals surface area (Å²) >= 11 is 0. The smallest absolute Gasteiger partial charge is 0.342 e. The van der Waals surface area contributed by atoms with Crippen molar-refractivity contribution in [3.63, 3.8) is 0 Å². The highest BCUT2D eigenvalue weighted by atomic mass is 16.2. The van der Waals surface area contributed by atoms with E-state index in [1.165, 1.54) is 14.1 Å². The number of nitriles is 2. The van der Waals surface area contributed by atoms with Crippen LogP contribution in [0.2, 0.25) is 0 Å². The molecule has 4 N–H and O–H groups in total. The third kappa shape index (κ3) is 3.31. The molecule has 3 amide bonds. The first-order valence-electron chi connectivity index (χ1n) is 9.08. The molecule has 0 saturated carbocycles. The summed E-state index contributed by atoms with van der Waals surface area (Å²) in [4.78, 5) is 24.1. The van der Waals surface area contributed by atoms with Gasteiger partial charge in [-0.3, -0.25) is 5.32 Å². The summed E-state index contributed by atoms with van der Waals surface area (Å²) in [5.41, 5.74) is 3.34. The average Bonchev–Trinajstić information content (AvgIpc) is 3.10. The zero-order chi connectivity index (χ0) is 22.0. The molecule has 0 bridgehead atoms. The van der Waals surface area contributed by atoms with Crippen molar-refractivity contribution >= 4 is 28.8 Å². The lowest BCUT2D eigenvalue weighted by atomic mass is 9.81. The summed E-state index contributed by atoms with van der Waals surface area (Å²) in [6.45, 7) is 3.56. The maximum atomic E-state index is 12.2. The number of amides is 3. The Hall–Kier alpha value is -4.31. The van der Waals surface area contributed by atoms with Gasteiger partial charge in [0.05, 0.1) is 34.7 Å². The molecular weight excluding hydrogens is 384 g/mol. The number of dihydropyridines is 1. The Labute approximate surface area is 172 Å². The number of allylic oxidation sites excluding steroid dienone is 4. The highest BCUT2D eigenvalue weighted by molar-refractivity contribution is 6.02. The third-order valence-electron chi connectivity index (χ3n) is 4.90. The zero-order valence-corrected chi connectivity index (χ0v) is 16.9. The van der Waals surface area contributed by atoms with Gasteiger partial charge in [0.25, 0.3) is 0 Å². The van der Waals surface area contributed by atoms with E-state index in [1.807, 2.05) is 0 Å². The molecule has 0 saturated heterocycles. The monoisotopic (exact) mass is 404 g/mol. The number of urea groups is 1. The molecule has 1 aliphatic heterocycles. The number of aromatic nitrogens is 2. The normalized spacial score (nSPS) is 14.1. The van der Waals surface area contributed by atoms with Gasteiger partial charge in [0.15, 0.2) is 5.82 Å². The first-order chi connectivity index (χ1) is 14.4. The highest BCUT2D eigenvalue weighted by Gasteiger charge is 2.30. The van der Waals surface area contributed by atoms with Crippen LogP contribution in [0.1, 0.15) is 25.3 Å². The van der Waals surface area contributed by atoms with Crippen LogP contribution in [0.3, 0.4) is 0 Å². The number of hydrogen-bond acceptors (Lipinski definition) is 6. The molecule has 0 radical (unpaired) electrons. The minimum atomic E-state index is -0.568. The van der Waals surface area contributed by atoms with Gasteiger partial charge in [0, 0.05) is 30.9 Å². The molecule has 0 unspecified atom stereocenters. The third-order valence-corrected chi connectivity index (χ3v) is 4.90. The number of nitrogens with zero attached hydrogens (tertiary/aromatic N) is 4. The molecule has 152 valence electrons. The van der Waals surface area contributed by atoms with Crippen molar-refractivity contribution in [1.82, 2.24) is 25.7 Å². The van der Waals surface area contributed by atoms with E-state index in [2.05, 4.69) is 38.5 Å². The fourth-order valence-corrected chi connectivity index (χ4v) is 3.46. The summed E-state index contributed by atoms with van der Waals surface area (Å²) < 4.78 is 1.14. The van der Waals surface area contributed by atoms with E-state index in [1.54, 1.807) is 32.0 Å². The van der Waals surface area contributed by atoms with Crippen molar-refractivity contribution in [3.05, 3.63) is 46.3 Å². The van der Waals surface area contributed by atoms with Gasteiger partial charge in [-0.15, -0.1) is 5.10 Å². The molecule has 1 aliphatic rings. The van der Waals surface area contributed by atoms with E-state index in [9.17, 15) is 20.1 Å². The van der Waals surface area contributed by atoms with Crippen LogP contribution in [-0.2, 0) is 0 Å². The van der Waals surface area contributed by atoms with Crippen molar-refractivity contribution < 1.29 is 9.59 Å². The Morgan fingerprint density at radius 2 is 1.73 bits per heavy atom. The van der Waals surface area contributed by atoms with Crippen LogP contribution < -0.4 is 21.3 Å². The predicted molar refractivity (Wildman–Crippen MR) is 110 cm³/mol. The van der Waals surface area contributed by atoms with Gasteiger partial charge in [-0.25, -0.2) is 9.59 Å². The number of carbonyl (C=O) groups is 2. The Bertz CT molecular complexity index is 1170. The molecule has 1 aromatic heterocycles. The maximum absolute atomic E-state index is 12.2. The molecule has 0 aliphatic carbocycles. The van der Waals surface area contributed by atoms with Crippen LogP contribution in [0.5, 0.6) is 0 Å². The Morgan fingerprint density at radius 3 is 2.27 bits per heavy atom. The first-order valence-corrected chi connectivity index (χ1v) is 9.08. The van der Waals surface area contributed by atoms with Crippen LogP contribution in [-0.4, -0.2) is 35.9 Å². The Balaban J connectivity index is 2.25. The number of carbonyl (C=O) groups excluding carboxylic acids is 2. The second-order valence-electron chi connectivity index (χ2n) is 6.66. The molecule has 10 nitrogen and oxygen atoms in total. The first kappa shape index (κ1) is 20.4. The number of rotatable bonds is 2. The van der Waals surface area contributed by atoms with Gasteiger partial charge in [-0.1, -0.05) is 6.07 Å². The maximum Gasteiger partial charge on any atom is 0.342 e. The topological polar surface area (TPSA) is 148 Å². The largest absolute Gasteiger partial charge is 0.361 e. The van der Waals surface area contributed by atoms with Crippen molar-refractivity contribution in [2.24, 2.45) is 0 Å². The van der Waals surface area contributed by atoms with Crippen molar-refractivity contribution in [3.8, 4) is 12.1 Å². The van der Waals surface area contributed by atoms with Crippen LogP contribution in [0, 0.1) is 22.7 Å². The Kier molecular flexibility index (Phi) is 5.43. The lowest BCUT2D eigenvalue weighted by Gasteiger charge is -2.26. The SMILES string of the molecule is CNC(=O)Nc1nn(C(=O)NC)c2ccc(C3C(C#N)=C(C)NC(C)=C3C#N)cc12. The molecule has 1 aromatic carbocycles. The average molecular weight is 404 g/mol. The van der Waals surface area contributed by atoms with Crippen molar-refractivity contribution in [2.75, 3.05) is 19.4 Å². The van der Waals surface area contributed by atoms with E-state index >= 15 is 0 Å². The highest BCUT2D eigenvalue weighted by Crippen LogP contribution is 2.39. The molecule has 0 fully saturated rings. The second kappa shape index (κ2) is 7.97. The van der Waals surface area contributed by atoms with Crippen LogP contribution >= 0.6 is 0 Å². The van der Waals surface area contributed by atoms with Crippen LogP contribution in [0.15, 0.2) is 40.7 Å². The standard InChI is InChI=1S/C20H20N8O2/c1-10-14(8-21)17(15(9-22)11(2)25-10)12-5-6-16-13(7-12)18(26-19(29)23-3)27-28(16)20(30)24-4/h5-7,17,25H,1-4H3,(H,24,30)(H2,23,26,27,29). The molecule has 0 spiro atoms. The molecule has 2 heterocycles. The summed E-state index contributed by atoms with van der Waals surface area (Å²) in [5, 5.41) is 34.7. The number of benzene rings is 1. The molecule has 0 atom stereocenters. The Morgan fingerprint density at radius 1 is 1.10 bits per heavy atom. The molecule has 10 heteroatoms. The minimum Gasteiger partial charge on any atom is -0.361 e. The van der Waals surface area contributed by atoms with E-state index < -0.39 is 18.0 Å². The number of hydrogen-bond donors (Lipinski definition) is 4. The number of anilines is 1. The van der Waals surface area contributed by atoms with E-state index in [0.717, 1.165) is 4.68 Å². The quantitative estimate of drug-likeness (QED) is 0.603. The molecular formula is C20H20N8O2. The zero-order valence-electron chi connectivity index (χ0n) is 16.9. The van der Waals surface area contributed by atoms with Gasteiger partial charge < -0.3 is 16.0 Å². The molecule has 30 heavy (non-hydrogen) atoms. The van der Waals surface area contributed by atoms with Gasteiger partial charge in [0.2, 0.25) is 0 Å². The van der Waals surface area contributed by atoms with Gasteiger partial charge >= 0.3 is 12.1 Å². The van der Waals surface area contributed by atoms with E-state index in [0.29, 0.717) is 39.0 Å². The predicted octanol–water partition coefficient (Wildman–Crippen LogP) is 2.26. The van der Waals surface area contributed by atoms with Crippen molar-refractivity contribution in [2.45, 2.75) is 19.8 Å². The summed E-state index contributed by atoms with van der Waals surface area (Å²) in [6, 6.07) is 8.58. The lowest BCUT2D eigenvalue weighted by molar-refractivity contribution is 0.242. The lowest BCUT2D eigenvalue weighted by Crippen LogP contribution is -2.27. The molecule has 2 aromatic rings. The van der Waals surface area contributed by atoms with Gasteiger partial charge in [0.1, 0.15) is 0 Å². The fourth-order valence-electron chi connectivity index (χ4n) is 3.46. The van der Waals surface area contributed by atoms with Crippen LogP contribution in [0.25, 0.3) is 10.9 Å². The fraction of sp³-hybridized carbons (Fsp3) is 0.250. The summed E-state index contributed by atoms with van der Waals surface area (Å²) in [7, 11) is 2.94.